The molecular formula is C23H25N5O2. The minimum Gasteiger partial charge on any atom is -0.369 e. The van der Waals surface area contributed by atoms with Crippen LogP contribution < -0.4 is 9.80 Å². The highest BCUT2D eigenvalue weighted by Crippen LogP contribution is 2.38. The smallest absolute Gasteiger partial charge is 0.293 e. The minimum atomic E-state index is -0.303. The van der Waals surface area contributed by atoms with Crippen molar-refractivity contribution in [3.8, 4) is 0 Å². The summed E-state index contributed by atoms with van der Waals surface area (Å²) in [5, 5.41) is 11.9. The third-order valence-electron chi connectivity index (χ3n) is 5.47. The van der Waals surface area contributed by atoms with Crippen LogP contribution in [0.4, 0.5) is 22.7 Å². The SMILES string of the molecule is CN1CCN(c2ccc([N+](=O)[O-])c(N(Cc3ccccc3)c3ccncc3)c2)CC1. The van der Waals surface area contributed by atoms with Crippen molar-refractivity contribution in [3.63, 3.8) is 0 Å². The first-order chi connectivity index (χ1) is 14.6. The first-order valence-corrected chi connectivity index (χ1v) is 10.1. The van der Waals surface area contributed by atoms with E-state index < -0.39 is 0 Å². The Morgan fingerprint density at radius 3 is 2.37 bits per heavy atom. The van der Waals surface area contributed by atoms with Gasteiger partial charge in [-0.1, -0.05) is 30.3 Å². The zero-order valence-electron chi connectivity index (χ0n) is 17.0. The Kier molecular flexibility index (Phi) is 5.90. The summed E-state index contributed by atoms with van der Waals surface area (Å²) in [5.74, 6) is 0. The predicted molar refractivity (Wildman–Crippen MR) is 119 cm³/mol. The molecule has 7 heteroatoms. The van der Waals surface area contributed by atoms with Crippen LogP contribution >= 0.6 is 0 Å². The van der Waals surface area contributed by atoms with Gasteiger partial charge in [0.15, 0.2) is 0 Å². The molecule has 1 fully saturated rings. The van der Waals surface area contributed by atoms with Crippen molar-refractivity contribution in [2.75, 3.05) is 43.0 Å². The van der Waals surface area contributed by atoms with Gasteiger partial charge in [0.25, 0.3) is 5.69 Å². The van der Waals surface area contributed by atoms with E-state index in [0.717, 1.165) is 43.1 Å². The maximum atomic E-state index is 11.9. The first kappa shape index (κ1) is 19.8. The van der Waals surface area contributed by atoms with E-state index in [-0.39, 0.29) is 10.6 Å². The van der Waals surface area contributed by atoms with Crippen LogP contribution in [-0.4, -0.2) is 48.0 Å². The molecule has 1 aromatic heterocycles. The summed E-state index contributed by atoms with van der Waals surface area (Å²) in [4.78, 5) is 22.3. The lowest BCUT2D eigenvalue weighted by Crippen LogP contribution is -2.44. The molecule has 0 radical (unpaired) electrons. The van der Waals surface area contributed by atoms with E-state index in [1.54, 1.807) is 18.5 Å². The predicted octanol–water partition coefficient (Wildman–Crippen LogP) is 4.08. The molecule has 0 spiro atoms. The Labute approximate surface area is 176 Å². The van der Waals surface area contributed by atoms with Crippen LogP contribution in [0.2, 0.25) is 0 Å². The van der Waals surface area contributed by atoms with Gasteiger partial charge < -0.3 is 14.7 Å². The van der Waals surface area contributed by atoms with E-state index >= 15 is 0 Å². The number of pyridine rings is 1. The quantitative estimate of drug-likeness (QED) is 0.456. The molecule has 7 nitrogen and oxygen atoms in total. The molecule has 0 atom stereocenters. The van der Waals surface area contributed by atoms with Crippen molar-refractivity contribution in [2.45, 2.75) is 6.54 Å². The number of benzene rings is 2. The summed E-state index contributed by atoms with van der Waals surface area (Å²) in [6.45, 7) is 4.29. The van der Waals surface area contributed by atoms with Crippen LogP contribution in [0, 0.1) is 10.1 Å². The fraction of sp³-hybridized carbons (Fsp3) is 0.261. The number of nitro benzene ring substituents is 1. The summed E-state index contributed by atoms with van der Waals surface area (Å²) in [5.41, 5.74) is 3.64. The van der Waals surface area contributed by atoms with E-state index in [2.05, 4.69) is 21.8 Å². The summed E-state index contributed by atoms with van der Waals surface area (Å²) in [7, 11) is 2.11. The summed E-state index contributed by atoms with van der Waals surface area (Å²) in [6, 6.07) is 19.2. The van der Waals surface area contributed by atoms with Gasteiger partial charge in [-0.05, 0) is 36.9 Å². The maximum Gasteiger partial charge on any atom is 0.293 e. The molecule has 2 aromatic carbocycles. The van der Waals surface area contributed by atoms with Crippen LogP contribution in [0.3, 0.4) is 0 Å². The molecule has 1 saturated heterocycles. The molecule has 2 heterocycles. The molecule has 1 aliphatic heterocycles. The summed E-state index contributed by atoms with van der Waals surface area (Å²) >= 11 is 0. The minimum absolute atomic E-state index is 0.0978. The van der Waals surface area contributed by atoms with E-state index in [0.29, 0.717) is 12.2 Å². The van der Waals surface area contributed by atoms with Crippen LogP contribution in [0.5, 0.6) is 0 Å². The molecule has 0 saturated carbocycles. The van der Waals surface area contributed by atoms with Crippen molar-refractivity contribution in [2.24, 2.45) is 0 Å². The van der Waals surface area contributed by atoms with Crippen molar-refractivity contribution in [1.29, 1.82) is 0 Å². The Hall–Kier alpha value is -3.45. The van der Waals surface area contributed by atoms with Crippen molar-refractivity contribution in [3.05, 3.63) is 88.7 Å². The highest BCUT2D eigenvalue weighted by Gasteiger charge is 2.24. The van der Waals surface area contributed by atoms with Gasteiger partial charge >= 0.3 is 0 Å². The molecule has 30 heavy (non-hydrogen) atoms. The zero-order chi connectivity index (χ0) is 20.9. The molecule has 0 unspecified atom stereocenters. The number of hydrogen-bond acceptors (Lipinski definition) is 6. The Morgan fingerprint density at radius 2 is 1.70 bits per heavy atom. The zero-order valence-corrected chi connectivity index (χ0v) is 17.0. The molecule has 4 rings (SSSR count). The molecule has 0 N–H and O–H groups in total. The topological polar surface area (TPSA) is 65.8 Å². The summed E-state index contributed by atoms with van der Waals surface area (Å²) < 4.78 is 0. The van der Waals surface area contributed by atoms with Crippen molar-refractivity contribution >= 4 is 22.7 Å². The Balaban J connectivity index is 1.77. The molecule has 0 aliphatic carbocycles. The average Bonchev–Trinajstić information content (AvgIpc) is 2.79. The standard InChI is InChI=1S/C23H25N5O2/c1-25-13-15-26(16-14-25)21-7-8-22(28(29)30)23(17-21)27(20-9-11-24-12-10-20)18-19-5-3-2-4-6-19/h2-12,17H,13-16,18H2,1H3. The molecule has 154 valence electrons. The van der Waals surface area contributed by atoms with Gasteiger partial charge in [-0.3, -0.25) is 15.1 Å². The number of likely N-dealkylation sites (N-methyl/N-ethyl adjacent to an activating group) is 1. The Morgan fingerprint density at radius 1 is 1.00 bits per heavy atom. The fourth-order valence-corrected chi connectivity index (χ4v) is 3.75. The highest BCUT2D eigenvalue weighted by atomic mass is 16.6. The van der Waals surface area contributed by atoms with Crippen molar-refractivity contribution < 1.29 is 4.92 Å². The molecule has 3 aromatic rings. The van der Waals surface area contributed by atoms with Crippen LogP contribution in [-0.2, 0) is 6.54 Å². The maximum absolute atomic E-state index is 11.9. The number of nitro groups is 1. The van der Waals surface area contributed by atoms with E-state index in [1.807, 2.05) is 59.5 Å². The van der Waals surface area contributed by atoms with E-state index in [4.69, 9.17) is 0 Å². The van der Waals surface area contributed by atoms with Crippen LogP contribution in [0.15, 0.2) is 73.1 Å². The number of hydrogen-bond donors (Lipinski definition) is 0. The lowest BCUT2D eigenvalue weighted by molar-refractivity contribution is -0.384. The van der Waals surface area contributed by atoms with Gasteiger partial charge in [0.2, 0.25) is 0 Å². The van der Waals surface area contributed by atoms with Gasteiger partial charge in [-0.15, -0.1) is 0 Å². The first-order valence-electron chi connectivity index (χ1n) is 10.1. The molecule has 1 aliphatic rings. The Bertz CT molecular complexity index is 989. The number of piperazine rings is 1. The van der Waals surface area contributed by atoms with Gasteiger partial charge in [-0.25, -0.2) is 0 Å². The lowest BCUT2D eigenvalue weighted by atomic mass is 10.1. The normalized spacial score (nSPS) is 14.5. The van der Waals surface area contributed by atoms with Crippen LogP contribution in [0.1, 0.15) is 5.56 Å². The second-order valence-electron chi connectivity index (χ2n) is 7.50. The third kappa shape index (κ3) is 4.41. The molecular weight excluding hydrogens is 378 g/mol. The lowest BCUT2D eigenvalue weighted by Gasteiger charge is -2.34. The number of rotatable bonds is 6. The number of nitrogens with zero attached hydrogens (tertiary/aromatic N) is 5. The van der Waals surface area contributed by atoms with E-state index in [1.165, 1.54) is 0 Å². The second-order valence-corrected chi connectivity index (χ2v) is 7.50. The van der Waals surface area contributed by atoms with Gasteiger partial charge in [-0.2, -0.15) is 0 Å². The largest absolute Gasteiger partial charge is 0.369 e. The summed E-state index contributed by atoms with van der Waals surface area (Å²) in [6.07, 6.45) is 3.42. The second kappa shape index (κ2) is 8.92. The average molecular weight is 403 g/mol. The van der Waals surface area contributed by atoms with E-state index in [9.17, 15) is 10.1 Å². The van der Waals surface area contributed by atoms with Crippen molar-refractivity contribution in [1.82, 2.24) is 9.88 Å². The number of aromatic nitrogens is 1. The molecule has 0 amide bonds. The third-order valence-corrected chi connectivity index (χ3v) is 5.47. The monoisotopic (exact) mass is 403 g/mol. The van der Waals surface area contributed by atoms with Gasteiger partial charge in [0.05, 0.1) is 4.92 Å². The molecule has 0 bridgehead atoms. The van der Waals surface area contributed by atoms with Crippen LogP contribution in [0.25, 0.3) is 0 Å². The highest BCUT2D eigenvalue weighted by molar-refractivity contribution is 5.76. The fourth-order valence-electron chi connectivity index (χ4n) is 3.75. The number of anilines is 3. The van der Waals surface area contributed by atoms with Gasteiger partial charge in [0, 0.05) is 62.6 Å². The van der Waals surface area contributed by atoms with Gasteiger partial charge in [0.1, 0.15) is 5.69 Å².